The highest BCUT2D eigenvalue weighted by Crippen LogP contribution is 2.42. The predicted octanol–water partition coefficient (Wildman–Crippen LogP) is 12.4. The van der Waals surface area contributed by atoms with E-state index in [0.717, 1.165) is 22.2 Å². The summed E-state index contributed by atoms with van der Waals surface area (Å²) in [6, 6.07) is 54.7. The SMILES string of the molecule is c1ccc2c(c1)oc1ccc3c(c4ccccc4n3-c3ccc(-c4ccc(-c5cccc6c5sc5ccccc56)cc4)cc3)c12. The third kappa shape index (κ3) is 3.62. The van der Waals surface area contributed by atoms with Gasteiger partial charge in [0.1, 0.15) is 11.2 Å². The second kappa shape index (κ2) is 9.43. The Morgan fingerprint density at radius 3 is 1.93 bits per heavy atom. The minimum absolute atomic E-state index is 0.924. The number of furan rings is 1. The van der Waals surface area contributed by atoms with Gasteiger partial charge in [-0.2, -0.15) is 0 Å². The van der Waals surface area contributed by atoms with E-state index in [9.17, 15) is 0 Å². The van der Waals surface area contributed by atoms with Crippen molar-refractivity contribution >= 4 is 75.3 Å². The first-order valence-corrected chi connectivity index (χ1v) is 16.1. The van der Waals surface area contributed by atoms with Crippen LogP contribution in [0, 0.1) is 0 Å². The Balaban J connectivity index is 1.06. The van der Waals surface area contributed by atoms with Gasteiger partial charge in [-0.05, 0) is 64.7 Å². The number of hydrogen-bond acceptors (Lipinski definition) is 2. The Morgan fingerprint density at radius 1 is 0.422 bits per heavy atom. The fraction of sp³-hybridized carbons (Fsp3) is 0. The molecule has 10 aromatic rings. The van der Waals surface area contributed by atoms with Crippen LogP contribution in [0.15, 0.2) is 156 Å². The number of thiophene rings is 1. The third-order valence-electron chi connectivity index (χ3n) is 9.24. The van der Waals surface area contributed by atoms with Crippen molar-refractivity contribution in [3.8, 4) is 27.9 Å². The Kier molecular flexibility index (Phi) is 5.19. The van der Waals surface area contributed by atoms with E-state index in [1.54, 1.807) is 0 Å². The van der Waals surface area contributed by atoms with Crippen molar-refractivity contribution in [2.24, 2.45) is 0 Å². The lowest BCUT2D eigenvalue weighted by Crippen LogP contribution is -1.93. The zero-order chi connectivity index (χ0) is 29.5. The first-order valence-electron chi connectivity index (χ1n) is 15.3. The smallest absolute Gasteiger partial charge is 0.136 e. The van der Waals surface area contributed by atoms with Crippen LogP contribution < -0.4 is 0 Å². The molecule has 0 saturated heterocycles. The summed E-state index contributed by atoms with van der Waals surface area (Å²) in [5, 5.41) is 7.48. The van der Waals surface area contributed by atoms with Crippen LogP contribution >= 0.6 is 11.3 Å². The van der Waals surface area contributed by atoms with Crippen molar-refractivity contribution < 1.29 is 4.42 Å². The molecule has 3 aromatic heterocycles. The summed E-state index contributed by atoms with van der Waals surface area (Å²) in [4.78, 5) is 0. The van der Waals surface area contributed by atoms with Crippen molar-refractivity contribution in [1.82, 2.24) is 4.57 Å². The molecule has 0 atom stereocenters. The van der Waals surface area contributed by atoms with Gasteiger partial charge < -0.3 is 8.98 Å². The number of rotatable bonds is 3. The molecule has 0 spiro atoms. The van der Waals surface area contributed by atoms with Crippen LogP contribution in [0.4, 0.5) is 0 Å². The van der Waals surface area contributed by atoms with Gasteiger partial charge in [0.2, 0.25) is 0 Å². The van der Waals surface area contributed by atoms with Gasteiger partial charge in [0, 0.05) is 47.4 Å². The molecule has 0 N–H and O–H groups in total. The molecular weight excluding hydrogens is 567 g/mol. The first-order chi connectivity index (χ1) is 22.3. The quantitative estimate of drug-likeness (QED) is 0.200. The average molecular weight is 592 g/mol. The monoisotopic (exact) mass is 591 g/mol. The van der Waals surface area contributed by atoms with E-state index >= 15 is 0 Å². The lowest BCUT2D eigenvalue weighted by molar-refractivity contribution is 0.669. The molecule has 2 nitrogen and oxygen atoms in total. The van der Waals surface area contributed by atoms with Crippen molar-refractivity contribution in [1.29, 1.82) is 0 Å². The van der Waals surface area contributed by atoms with Gasteiger partial charge in [-0.25, -0.2) is 0 Å². The van der Waals surface area contributed by atoms with Gasteiger partial charge >= 0.3 is 0 Å². The van der Waals surface area contributed by atoms with Gasteiger partial charge in [-0.15, -0.1) is 11.3 Å². The maximum atomic E-state index is 6.25. The van der Waals surface area contributed by atoms with Gasteiger partial charge in [0.25, 0.3) is 0 Å². The zero-order valence-electron chi connectivity index (χ0n) is 24.2. The van der Waals surface area contributed by atoms with E-state index in [1.807, 2.05) is 17.4 Å². The van der Waals surface area contributed by atoms with E-state index in [1.165, 1.54) is 69.6 Å². The highest BCUT2D eigenvalue weighted by Gasteiger charge is 2.18. The maximum absolute atomic E-state index is 6.25. The molecule has 210 valence electrons. The Morgan fingerprint density at radius 2 is 1.09 bits per heavy atom. The average Bonchev–Trinajstić information content (AvgIpc) is 3.78. The second-order valence-corrected chi connectivity index (χ2v) is 12.7. The molecular formula is C42H25NOS. The number of nitrogens with zero attached hydrogens (tertiary/aromatic N) is 1. The summed E-state index contributed by atoms with van der Waals surface area (Å²) in [6.07, 6.45) is 0. The molecule has 3 heterocycles. The Hall–Kier alpha value is -5.64. The minimum atomic E-state index is 0.924. The number of aromatic nitrogens is 1. The van der Waals surface area contributed by atoms with Gasteiger partial charge in [0.15, 0.2) is 0 Å². The van der Waals surface area contributed by atoms with E-state index in [4.69, 9.17) is 4.42 Å². The van der Waals surface area contributed by atoms with Crippen molar-refractivity contribution in [2.75, 3.05) is 0 Å². The molecule has 0 amide bonds. The molecule has 0 aliphatic rings. The Bertz CT molecular complexity index is 2740. The fourth-order valence-corrected chi connectivity index (χ4v) is 8.41. The number of para-hydroxylation sites is 2. The number of fused-ring (bicyclic) bond motifs is 10. The second-order valence-electron chi connectivity index (χ2n) is 11.7. The summed E-state index contributed by atoms with van der Waals surface area (Å²) in [6.45, 7) is 0. The molecule has 45 heavy (non-hydrogen) atoms. The zero-order valence-corrected chi connectivity index (χ0v) is 25.0. The van der Waals surface area contributed by atoms with E-state index in [-0.39, 0.29) is 0 Å². The van der Waals surface area contributed by atoms with Gasteiger partial charge in [-0.3, -0.25) is 0 Å². The lowest BCUT2D eigenvalue weighted by atomic mass is 9.99. The first kappa shape index (κ1) is 24.8. The minimum Gasteiger partial charge on any atom is -0.456 e. The van der Waals surface area contributed by atoms with Crippen molar-refractivity contribution in [3.63, 3.8) is 0 Å². The van der Waals surface area contributed by atoms with Crippen LogP contribution in [0.2, 0.25) is 0 Å². The van der Waals surface area contributed by atoms with E-state index in [2.05, 4.69) is 150 Å². The van der Waals surface area contributed by atoms with Crippen LogP contribution in [-0.2, 0) is 0 Å². The maximum Gasteiger partial charge on any atom is 0.136 e. The van der Waals surface area contributed by atoms with E-state index in [0.29, 0.717) is 0 Å². The predicted molar refractivity (Wildman–Crippen MR) is 192 cm³/mol. The van der Waals surface area contributed by atoms with Crippen LogP contribution in [0.3, 0.4) is 0 Å². The van der Waals surface area contributed by atoms with E-state index < -0.39 is 0 Å². The molecule has 3 heteroatoms. The highest BCUT2D eigenvalue weighted by molar-refractivity contribution is 7.26. The topological polar surface area (TPSA) is 18.1 Å². The van der Waals surface area contributed by atoms with Crippen LogP contribution in [0.25, 0.3) is 91.9 Å². The van der Waals surface area contributed by atoms with Gasteiger partial charge in [-0.1, -0.05) is 109 Å². The molecule has 0 aliphatic heterocycles. The molecule has 7 aromatic carbocycles. The molecule has 0 aliphatic carbocycles. The lowest BCUT2D eigenvalue weighted by Gasteiger charge is -2.10. The molecule has 0 bridgehead atoms. The summed E-state index contributed by atoms with van der Waals surface area (Å²) in [7, 11) is 0. The fourth-order valence-electron chi connectivity index (χ4n) is 7.17. The van der Waals surface area contributed by atoms with Crippen molar-refractivity contribution in [3.05, 3.63) is 152 Å². The normalized spacial score (nSPS) is 12.0. The molecule has 0 radical (unpaired) electrons. The number of benzene rings is 7. The summed E-state index contributed by atoms with van der Waals surface area (Å²) < 4.78 is 11.3. The summed E-state index contributed by atoms with van der Waals surface area (Å²) in [5.41, 5.74) is 10.3. The third-order valence-corrected chi connectivity index (χ3v) is 10.5. The van der Waals surface area contributed by atoms with Crippen LogP contribution in [0.1, 0.15) is 0 Å². The van der Waals surface area contributed by atoms with Gasteiger partial charge in [0.05, 0.1) is 11.0 Å². The van der Waals surface area contributed by atoms with Crippen LogP contribution in [0.5, 0.6) is 0 Å². The highest BCUT2D eigenvalue weighted by atomic mass is 32.1. The summed E-state index contributed by atoms with van der Waals surface area (Å²) in [5.74, 6) is 0. The Labute approximate surface area is 263 Å². The number of hydrogen-bond donors (Lipinski definition) is 0. The van der Waals surface area contributed by atoms with Crippen molar-refractivity contribution in [2.45, 2.75) is 0 Å². The van der Waals surface area contributed by atoms with Crippen LogP contribution in [-0.4, -0.2) is 4.57 Å². The summed E-state index contributed by atoms with van der Waals surface area (Å²) >= 11 is 1.88. The largest absolute Gasteiger partial charge is 0.456 e. The molecule has 0 unspecified atom stereocenters. The standard InChI is InChI=1S/C42H25NOS/c1-4-13-35-33(9-1)40-36(24-25-38-41(40)34-10-2-5-14-37(34)44-38)43(35)29-22-20-27(21-23-29)26-16-18-28(19-17-26)30-11-7-12-32-31-8-3-6-15-39(31)45-42(30)32/h1-25H. The molecule has 0 saturated carbocycles. The molecule has 10 rings (SSSR count). The molecule has 0 fully saturated rings.